The van der Waals surface area contributed by atoms with Gasteiger partial charge in [-0.1, -0.05) is 0 Å². The van der Waals surface area contributed by atoms with Gasteiger partial charge in [-0.2, -0.15) is 0 Å². The summed E-state index contributed by atoms with van der Waals surface area (Å²) >= 11 is 0. The Bertz CT molecular complexity index is 154. The third-order valence-electron chi connectivity index (χ3n) is 2.78. The average molecular weight is 189 g/mol. The molecule has 4 heteroatoms. The van der Waals surface area contributed by atoms with Crippen molar-refractivity contribution in [2.24, 2.45) is 5.92 Å². The predicted molar refractivity (Wildman–Crippen MR) is 49.3 cm³/mol. The molecule has 1 fully saturated rings. The van der Waals surface area contributed by atoms with Crippen molar-refractivity contribution in [3.63, 3.8) is 0 Å². The number of hydrogen-bond acceptors (Lipinski definition) is 4. The molecule has 0 heterocycles. The van der Waals surface area contributed by atoms with Crippen LogP contribution in [0.3, 0.4) is 0 Å². The van der Waals surface area contributed by atoms with Gasteiger partial charge in [0.05, 0.1) is 18.3 Å². The van der Waals surface area contributed by atoms with Crippen LogP contribution in [0.4, 0.5) is 0 Å². The van der Waals surface area contributed by atoms with Crippen molar-refractivity contribution in [3.05, 3.63) is 0 Å². The summed E-state index contributed by atoms with van der Waals surface area (Å²) in [6.45, 7) is 0.549. The summed E-state index contributed by atoms with van der Waals surface area (Å²) in [6, 6.07) is 0. The Morgan fingerprint density at radius 1 is 1.31 bits per heavy atom. The van der Waals surface area contributed by atoms with E-state index in [-0.39, 0.29) is 5.92 Å². The van der Waals surface area contributed by atoms with Crippen molar-refractivity contribution in [1.29, 1.82) is 0 Å². The molecule has 0 aliphatic heterocycles. The van der Waals surface area contributed by atoms with Gasteiger partial charge in [0.1, 0.15) is 0 Å². The van der Waals surface area contributed by atoms with E-state index in [0.29, 0.717) is 19.4 Å². The fourth-order valence-electron chi connectivity index (χ4n) is 1.89. The van der Waals surface area contributed by atoms with Crippen LogP contribution in [0.5, 0.6) is 0 Å². The summed E-state index contributed by atoms with van der Waals surface area (Å²) in [7, 11) is 1.79. The van der Waals surface area contributed by atoms with Gasteiger partial charge in [0, 0.05) is 6.54 Å². The van der Waals surface area contributed by atoms with E-state index < -0.39 is 18.3 Å². The number of nitrogens with one attached hydrogen (secondary N) is 1. The standard InChI is InChI=1S/C9H19NO3/c1-10-5-9(13)6-2-3-7(11)8(12)4-6/h6-13H,2-5H2,1H3/t6?,7?,8?,9-/m1/s1. The lowest BCUT2D eigenvalue weighted by Crippen LogP contribution is -2.40. The van der Waals surface area contributed by atoms with Crippen LogP contribution in [0.1, 0.15) is 19.3 Å². The number of aliphatic hydroxyl groups excluding tert-OH is 3. The Morgan fingerprint density at radius 3 is 2.54 bits per heavy atom. The Balaban J connectivity index is 2.36. The minimum Gasteiger partial charge on any atom is -0.392 e. The normalized spacial score (nSPS) is 37.4. The van der Waals surface area contributed by atoms with Crippen LogP contribution in [-0.2, 0) is 0 Å². The van der Waals surface area contributed by atoms with Crippen molar-refractivity contribution in [1.82, 2.24) is 5.32 Å². The molecule has 4 nitrogen and oxygen atoms in total. The van der Waals surface area contributed by atoms with Crippen LogP contribution in [-0.4, -0.2) is 47.2 Å². The molecule has 0 aromatic carbocycles. The maximum absolute atomic E-state index is 9.62. The molecule has 0 spiro atoms. The number of likely N-dealkylation sites (N-methyl/N-ethyl adjacent to an activating group) is 1. The molecule has 1 aliphatic carbocycles. The molecule has 78 valence electrons. The molecule has 4 N–H and O–H groups in total. The lowest BCUT2D eigenvalue weighted by molar-refractivity contribution is -0.0487. The Hall–Kier alpha value is -0.160. The molecule has 13 heavy (non-hydrogen) atoms. The molecule has 0 saturated heterocycles. The second kappa shape index (κ2) is 4.91. The van der Waals surface area contributed by atoms with E-state index in [9.17, 15) is 15.3 Å². The third kappa shape index (κ3) is 2.91. The molecule has 0 radical (unpaired) electrons. The van der Waals surface area contributed by atoms with Crippen molar-refractivity contribution in [2.45, 2.75) is 37.6 Å². The van der Waals surface area contributed by atoms with Gasteiger partial charge in [0.2, 0.25) is 0 Å². The smallest absolute Gasteiger partial charge is 0.0802 e. The van der Waals surface area contributed by atoms with Crippen molar-refractivity contribution in [2.75, 3.05) is 13.6 Å². The van der Waals surface area contributed by atoms with E-state index in [4.69, 9.17) is 0 Å². The first-order chi connectivity index (χ1) is 6.15. The number of hydrogen-bond donors (Lipinski definition) is 4. The summed E-state index contributed by atoms with van der Waals surface area (Å²) in [6.07, 6.45) is 0.216. The SMILES string of the molecule is CNC[C@@H](O)C1CCC(O)C(O)C1. The molecule has 0 amide bonds. The lowest BCUT2D eigenvalue weighted by Gasteiger charge is -2.32. The highest BCUT2D eigenvalue weighted by Crippen LogP contribution is 2.27. The van der Waals surface area contributed by atoms with Crippen LogP contribution in [0.25, 0.3) is 0 Å². The van der Waals surface area contributed by atoms with Gasteiger partial charge in [-0.3, -0.25) is 0 Å². The fraction of sp³-hybridized carbons (Fsp3) is 1.00. The highest BCUT2D eigenvalue weighted by Gasteiger charge is 2.31. The van der Waals surface area contributed by atoms with Gasteiger partial charge in [-0.25, -0.2) is 0 Å². The van der Waals surface area contributed by atoms with Crippen LogP contribution in [0.2, 0.25) is 0 Å². The average Bonchev–Trinajstić information content (AvgIpc) is 2.10. The Morgan fingerprint density at radius 2 is 2.00 bits per heavy atom. The summed E-state index contributed by atoms with van der Waals surface area (Å²) in [5, 5.41) is 31.2. The van der Waals surface area contributed by atoms with Crippen LogP contribution < -0.4 is 5.32 Å². The highest BCUT2D eigenvalue weighted by molar-refractivity contribution is 4.83. The lowest BCUT2D eigenvalue weighted by atomic mass is 9.82. The van der Waals surface area contributed by atoms with Gasteiger partial charge in [0.25, 0.3) is 0 Å². The topological polar surface area (TPSA) is 72.7 Å². The molecule has 1 rings (SSSR count). The number of rotatable bonds is 3. The minimum atomic E-state index is -0.662. The van der Waals surface area contributed by atoms with Crippen molar-refractivity contribution < 1.29 is 15.3 Å². The van der Waals surface area contributed by atoms with Crippen LogP contribution in [0.15, 0.2) is 0 Å². The molecule has 0 aromatic heterocycles. The Kier molecular flexibility index (Phi) is 4.12. The summed E-state index contributed by atoms with van der Waals surface area (Å²) in [4.78, 5) is 0. The second-order valence-corrected chi connectivity index (χ2v) is 3.83. The maximum atomic E-state index is 9.62. The van der Waals surface area contributed by atoms with Crippen LogP contribution >= 0.6 is 0 Å². The minimum absolute atomic E-state index is 0.117. The van der Waals surface area contributed by atoms with Crippen molar-refractivity contribution >= 4 is 0 Å². The van der Waals surface area contributed by atoms with Crippen LogP contribution in [0, 0.1) is 5.92 Å². The molecule has 3 unspecified atom stereocenters. The molecule has 1 saturated carbocycles. The maximum Gasteiger partial charge on any atom is 0.0802 e. The van der Waals surface area contributed by atoms with E-state index in [1.807, 2.05) is 0 Å². The van der Waals surface area contributed by atoms with E-state index in [2.05, 4.69) is 5.32 Å². The first kappa shape index (κ1) is 10.9. The first-order valence-corrected chi connectivity index (χ1v) is 4.84. The van der Waals surface area contributed by atoms with E-state index in [0.717, 1.165) is 6.42 Å². The molecule has 1 aliphatic rings. The van der Waals surface area contributed by atoms with Gasteiger partial charge < -0.3 is 20.6 Å². The summed E-state index contributed by atoms with van der Waals surface area (Å²) in [5.74, 6) is 0.117. The number of aliphatic hydroxyl groups is 3. The fourth-order valence-corrected chi connectivity index (χ4v) is 1.89. The molecule has 0 bridgehead atoms. The van der Waals surface area contributed by atoms with E-state index >= 15 is 0 Å². The molecule has 0 aromatic rings. The van der Waals surface area contributed by atoms with Gasteiger partial charge >= 0.3 is 0 Å². The quantitative estimate of drug-likeness (QED) is 0.464. The zero-order valence-electron chi connectivity index (χ0n) is 7.98. The van der Waals surface area contributed by atoms with Gasteiger partial charge in [-0.15, -0.1) is 0 Å². The molecule has 4 atom stereocenters. The monoisotopic (exact) mass is 189 g/mol. The van der Waals surface area contributed by atoms with Crippen molar-refractivity contribution in [3.8, 4) is 0 Å². The van der Waals surface area contributed by atoms with E-state index in [1.54, 1.807) is 7.05 Å². The molecular formula is C9H19NO3. The third-order valence-corrected chi connectivity index (χ3v) is 2.78. The van der Waals surface area contributed by atoms with E-state index in [1.165, 1.54) is 0 Å². The predicted octanol–water partition coefficient (Wildman–Crippen LogP) is -0.911. The van der Waals surface area contributed by atoms with Gasteiger partial charge in [0.15, 0.2) is 0 Å². The largest absolute Gasteiger partial charge is 0.392 e. The zero-order valence-corrected chi connectivity index (χ0v) is 7.98. The van der Waals surface area contributed by atoms with Gasteiger partial charge in [-0.05, 0) is 32.2 Å². The second-order valence-electron chi connectivity index (χ2n) is 3.83. The first-order valence-electron chi connectivity index (χ1n) is 4.84. The zero-order chi connectivity index (χ0) is 9.84. The Labute approximate surface area is 78.6 Å². The summed E-state index contributed by atoms with van der Waals surface area (Å²) in [5.41, 5.74) is 0. The highest BCUT2D eigenvalue weighted by atomic mass is 16.3. The molecular weight excluding hydrogens is 170 g/mol. The summed E-state index contributed by atoms with van der Waals surface area (Å²) < 4.78 is 0.